The van der Waals surface area contributed by atoms with E-state index in [0.717, 1.165) is 5.56 Å². The summed E-state index contributed by atoms with van der Waals surface area (Å²) in [5.41, 5.74) is 7.09. The summed E-state index contributed by atoms with van der Waals surface area (Å²) in [6, 6.07) is 14.3. The number of rotatable bonds is 4. The van der Waals surface area contributed by atoms with Crippen molar-refractivity contribution in [1.29, 1.82) is 0 Å². The predicted molar refractivity (Wildman–Crippen MR) is 78.9 cm³/mol. The minimum absolute atomic E-state index is 0.113. The smallest absolute Gasteiger partial charge is 0.257 e. The van der Waals surface area contributed by atoms with Gasteiger partial charge in [0, 0.05) is 11.3 Å². The summed E-state index contributed by atoms with van der Waals surface area (Å²) in [7, 11) is 1.57. The number of hydrogen-bond acceptors (Lipinski definition) is 4. The van der Waals surface area contributed by atoms with Gasteiger partial charge in [-0.1, -0.05) is 12.1 Å². The number of imide groups is 1. The van der Waals surface area contributed by atoms with Crippen LogP contribution in [0.2, 0.25) is 0 Å². The van der Waals surface area contributed by atoms with Crippen molar-refractivity contribution in [2.75, 3.05) is 12.8 Å². The Bertz CT molecular complexity index is 651. The molecule has 0 atom stereocenters. The second-order valence-electron chi connectivity index (χ2n) is 4.46. The van der Waals surface area contributed by atoms with Crippen molar-refractivity contribution in [3.05, 3.63) is 59.7 Å². The summed E-state index contributed by atoms with van der Waals surface area (Å²) in [6.07, 6.45) is 0.113. The zero-order valence-corrected chi connectivity index (χ0v) is 11.6. The molecule has 0 aliphatic rings. The van der Waals surface area contributed by atoms with E-state index < -0.39 is 5.91 Å². The number of hydrogen-bond donors (Lipinski definition) is 2. The lowest BCUT2D eigenvalue weighted by molar-refractivity contribution is -0.119. The van der Waals surface area contributed by atoms with E-state index in [0.29, 0.717) is 17.0 Å². The third-order valence-corrected chi connectivity index (χ3v) is 2.85. The molecule has 5 nitrogen and oxygen atoms in total. The summed E-state index contributed by atoms with van der Waals surface area (Å²) >= 11 is 0. The summed E-state index contributed by atoms with van der Waals surface area (Å²) < 4.78 is 5.04. The highest BCUT2D eigenvalue weighted by Crippen LogP contribution is 2.12. The van der Waals surface area contributed by atoms with E-state index >= 15 is 0 Å². The average Bonchev–Trinajstić information content (AvgIpc) is 2.48. The van der Waals surface area contributed by atoms with Gasteiger partial charge in [-0.3, -0.25) is 14.9 Å². The Morgan fingerprint density at radius 1 is 1.24 bits per heavy atom. The van der Waals surface area contributed by atoms with E-state index in [4.69, 9.17) is 10.5 Å². The molecular formula is C16H15N2O3. The lowest BCUT2D eigenvalue weighted by atomic mass is 10.1. The first-order valence-corrected chi connectivity index (χ1v) is 6.32. The first kappa shape index (κ1) is 14.6. The lowest BCUT2D eigenvalue weighted by Gasteiger charge is -2.06. The fourth-order valence-electron chi connectivity index (χ4n) is 1.79. The van der Waals surface area contributed by atoms with Crippen molar-refractivity contribution in [2.45, 2.75) is 6.42 Å². The first-order valence-electron chi connectivity index (χ1n) is 6.32. The highest BCUT2D eigenvalue weighted by Gasteiger charge is 2.11. The van der Waals surface area contributed by atoms with Gasteiger partial charge in [-0.25, -0.2) is 0 Å². The Labute approximate surface area is 122 Å². The van der Waals surface area contributed by atoms with Crippen LogP contribution in [0.1, 0.15) is 15.9 Å². The molecule has 2 rings (SSSR count). The maximum atomic E-state index is 11.9. The standard InChI is InChI=1S/C16H15N2O3/c1-21-14-7-5-11(6-8-14)9-15(19)18-16(20)12-3-2-4-13(17)10-12/h3-8,10H,9,17H2,1H3,(H,18,19,20). The Kier molecular flexibility index (Phi) is 4.56. The molecule has 2 aromatic carbocycles. The molecule has 21 heavy (non-hydrogen) atoms. The van der Waals surface area contributed by atoms with Gasteiger partial charge in [0.1, 0.15) is 5.75 Å². The number of benzene rings is 2. The number of carbonyl (C=O) groups excluding carboxylic acids is 2. The van der Waals surface area contributed by atoms with Crippen molar-refractivity contribution in [1.82, 2.24) is 5.32 Å². The largest absolute Gasteiger partial charge is 0.497 e. The minimum atomic E-state index is -0.489. The molecular weight excluding hydrogens is 268 g/mol. The third-order valence-electron chi connectivity index (χ3n) is 2.85. The van der Waals surface area contributed by atoms with E-state index in [2.05, 4.69) is 11.4 Å². The fraction of sp³-hybridized carbons (Fsp3) is 0.125. The second kappa shape index (κ2) is 6.56. The zero-order valence-electron chi connectivity index (χ0n) is 11.6. The number of nitrogens with one attached hydrogen (secondary N) is 1. The SMILES string of the molecule is COc1ccc(CC(=O)NC(=O)c2c[c]cc(N)c2)cc1. The number of nitrogen functional groups attached to an aromatic ring is 1. The maximum absolute atomic E-state index is 11.9. The summed E-state index contributed by atoms with van der Waals surface area (Å²) in [4.78, 5) is 23.7. The van der Waals surface area contributed by atoms with Gasteiger partial charge in [0.25, 0.3) is 5.91 Å². The van der Waals surface area contributed by atoms with Gasteiger partial charge >= 0.3 is 0 Å². The topological polar surface area (TPSA) is 81.4 Å². The van der Waals surface area contributed by atoms with E-state index in [1.54, 1.807) is 37.4 Å². The van der Waals surface area contributed by atoms with E-state index in [1.807, 2.05) is 0 Å². The monoisotopic (exact) mass is 283 g/mol. The molecule has 0 heterocycles. The van der Waals surface area contributed by atoms with Crippen molar-refractivity contribution < 1.29 is 14.3 Å². The summed E-state index contributed by atoms with van der Waals surface area (Å²) in [5.74, 6) is -0.157. The van der Waals surface area contributed by atoms with Crippen molar-refractivity contribution in [3.8, 4) is 5.75 Å². The Hall–Kier alpha value is -2.82. The Morgan fingerprint density at radius 3 is 2.57 bits per heavy atom. The van der Waals surface area contributed by atoms with Crippen LogP contribution in [-0.4, -0.2) is 18.9 Å². The van der Waals surface area contributed by atoms with Crippen LogP contribution in [0, 0.1) is 6.07 Å². The summed E-state index contributed by atoms with van der Waals surface area (Å²) in [6.45, 7) is 0. The molecule has 0 fully saturated rings. The summed E-state index contributed by atoms with van der Waals surface area (Å²) in [5, 5.41) is 2.32. The Morgan fingerprint density at radius 2 is 1.95 bits per heavy atom. The number of carbonyl (C=O) groups is 2. The van der Waals surface area contributed by atoms with Crippen molar-refractivity contribution in [3.63, 3.8) is 0 Å². The lowest BCUT2D eigenvalue weighted by Crippen LogP contribution is -2.31. The van der Waals surface area contributed by atoms with Crippen LogP contribution in [0.25, 0.3) is 0 Å². The Balaban J connectivity index is 1.96. The van der Waals surface area contributed by atoms with Crippen LogP contribution in [0.4, 0.5) is 5.69 Å². The second-order valence-corrected chi connectivity index (χ2v) is 4.46. The molecule has 107 valence electrons. The van der Waals surface area contributed by atoms with E-state index in [-0.39, 0.29) is 12.3 Å². The van der Waals surface area contributed by atoms with Gasteiger partial charge in [-0.2, -0.15) is 0 Å². The minimum Gasteiger partial charge on any atom is -0.497 e. The molecule has 5 heteroatoms. The maximum Gasteiger partial charge on any atom is 0.257 e. The highest BCUT2D eigenvalue weighted by molar-refractivity contribution is 6.05. The third kappa shape index (κ3) is 4.07. The molecule has 0 spiro atoms. The van der Waals surface area contributed by atoms with Gasteiger partial charge in [0.05, 0.1) is 13.5 Å². The molecule has 1 radical (unpaired) electrons. The van der Waals surface area contributed by atoms with Crippen LogP contribution < -0.4 is 15.8 Å². The first-order chi connectivity index (χ1) is 10.1. The predicted octanol–water partition coefficient (Wildman–Crippen LogP) is 1.58. The molecule has 0 aromatic heterocycles. The molecule has 0 unspecified atom stereocenters. The molecule has 0 aliphatic carbocycles. The molecule has 0 bridgehead atoms. The van der Waals surface area contributed by atoms with Crippen LogP contribution in [-0.2, 0) is 11.2 Å². The normalized spacial score (nSPS) is 9.95. The molecule has 0 saturated carbocycles. The van der Waals surface area contributed by atoms with Crippen LogP contribution in [0.3, 0.4) is 0 Å². The molecule has 2 amide bonds. The molecule has 0 aliphatic heterocycles. The van der Waals surface area contributed by atoms with Crippen molar-refractivity contribution in [2.24, 2.45) is 0 Å². The number of anilines is 1. The number of nitrogens with two attached hydrogens (primary N) is 1. The fourth-order valence-corrected chi connectivity index (χ4v) is 1.79. The van der Waals surface area contributed by atoms with Gasteiger partial charge in [-0.05, 0) is 42.0 Å². The zero-order chi connectivity index (χ0) is 15.2. The van der Waals surface area contributed by atoms with Crippen LogP contribution in [0.5, 0.6) is 5.75 Å². The van der Waals surface area contributed by atoms with E-state index in [9.17, 15) is 9.59 Å². The molecule has 2 aromatic rings. The van der Waals surface area contributed by atoms with E-state index in [1.165, 1.54) is 12.1 Å². The molecule has 0 saturated heterocycles. The quantitative estimate of drug-likeness (QED) is 0.835. The van der Waals surface area contributed by atoms with Crippen LogP contribution in [0.15, 0.2) is 42.5 Å². The van der Waals surface area contributed by atoms with Gasteiger partial charge in [0.2, 0.25) is 5.91 Å². The van der Waals surface area contributed by atoms with Crippen molar-refractivity contribution >= 4 is 17.5 Å². The number of ether oxygens (including phenoxy) is 1. The highest BCUT2D eigenvalue weighted by atomic mass is 16.5. The van der Waals surface area contributed by atoms with Gasteiger partial charge in [-0.15, -0.1) is 0 Å². The van der Waals surface area contributed by atoms with Crippen LogP contribution >= 0.6 is 0 Å². The number of amides is 2. The van der Waals surface area contributed by atoms with Gasteiger partial charge in [0.15, 0.2) is 0 Å². The molecule has 3 N–H and O–H groups in total. The average molecular weight is 283 g/mol. The number of methoxy groups -OCH3 is 1. The van der Waals surface area contributed by atoms with Gasteiger partial charge < -0.3 is 10.5 Å².